The lowest BCUT2D eigenvalue weighted by Gasteiger charge is -2.11. The van der Waals surface area contributed by atoms with Crippen LogP contribution >= 0.6 is 0 Å². The van der Waals surface area contributed by atoms with Crippen LogP contribution in [0.4, 0.5) is 0 Å². The molecule has 1 saturated heterocycles. The minimum Gasteiger partial charge on any atom is -0.491 e. The molecular formula is C19H22N2O5. The van der Waals surface area contributed by atoms with Crippen molar-refractivity contribution < 1.29 is 23.5 Å². The van der Waals surface area contributed by atoms with E-state index in [2.05, 4.69) is 10.6 Å². The van der Waals surface area contributed by atoms with Gasteiger partial charge in [0.1, 0.15) is 18.1 Å². The summed E-state index contributed by atoms with van der Waals surface area (Å²) in [6.07, 6.45) is 3.78. The second-order valence-corrected chi connectivity index (χ2v) is 6.01. The van der Waals surface area contributed by atoms with Crippen molar-refractivity contribution >= 4 is 11.8 Å². The van der Waals surface area contributed by atoms with Crippen LogP contribution in [0.15, 0.2) is 47.1 Å². The van der Waals surface area contributed by atoms with Gasteiger partial charge >= 0.3 is 0 Å². The van der Waals surface area contributed by atoms with Gasteiger partial charge in [-0.15, -0.1) is 0 Å². The molecule has 0 saturated carbocycles. The number of carbonyl (C=O) groups is 2. The molecule has 2 N–H and O–H groups in total. The molecule has 1 aromatic carbocycles. The zero-order valence-corrected chi connectivity index (χ0v) is 14.4. The highest BCUT2D eigenvalue weighted by Gasteiger charge is 2.16. The van der Waals surface area contributed by atoms with Gasteiger partial charge in [-0.25, -0.2) is 0 Å². The lowest BCUT2D eigenvalue weighted by Crippen LogP contribution is -2.36. The van der Waals surface area contributed by atoms with Crippen molar-refractivity contribution in [3.8, 4) is 5.75 Å². The molecule has 7 nitrogen and oxygen atoms in total. The van der Waals surface area contributed by atoms with Gasteiger partial charge in [0, 0.05) is 12.2 Å². The van der Waals surface area contributed by atoms with E-state index in [1.807, 2.05) is 0 Å². The second-order valence-electron chi connectivity index (χ2n) is 6.01. The Bertz CT molecular complexity index is 706. The largest absolute Gasteiger partial charge is 0.491 e. The second kappa shape index (κ2) is 9.05. The van der Waals surface area contributed by atoms with Gasteiger partial charge in [0.15, 0.2) is 0 Å². The van der Waals surface area contributed by atoms with Gasteiger partial charge in [-0.2, -0.15) is 0 Å². The van der Waals surface area contributed by atoms with Crippen LogP contribution in [-0.2, 0) is 16.1 Å². The van der Waals surface area contributed by atoms with Crippen molar-refractivity contribution in [2.24, 2.45) is 0 Å². The fourth-order valence-electron chi connectivity index (χ4n) is 2.59. The molecule has 3 rings (SSSR count). The van der Waals surface area contributed by atoms with Crippen LogP contribution in [0.5, 0.6) is 5.75 Å². The first-order chi connectivity index (χ1) is 12.7. The highest BCUT2D eigenvalue weighted by atomic mass is 16.5. The van der Waals surface area contributed by atoms with Gasteiger partial charge < -0.3 is 24.5 Å². The maximum Gasteiger partial charge on any atom is 0.251 e. The third-order valence-electron chi connectivity index (χ3n) is 4.03. The first kappa shape index (κ1) is 18.0. The Morgan fingerprint density at radius 2 is 2.00 bits per heavy atom. The number of nitrogens with one attached hydrogen (secondary N) is 2. The van der Waals surface area contributed by atoms with E-state index in [0.29, 0.717) is 30.2 Å². The molecule has 0 bridgehead atoms. The number of ether oxygens (including phenoxy) is 2. The Hall–Kier alpha value is -2.80. The van der Waals surface area contributed by atoms with Gasteiger partial charge in [0.05, 0.1) is 25.5 Å². The minimum absolute atomic E-state index is 0.100. The van der Waals surface area contributed by atoms with Crippen molar-refractivity contribution in [2.45, 2.75) is 25.5 Å². The molecule has 138 valence electrons. The SMILES string of the molecule is O=C(CNC(=O)c1ccc(OCC2CCCO2)cc1)NCc1ccco1. The summed E-state index contributed by atoms with van der Waals surface area (Å²) in [6.45, 7) is 1.50. The topological polar surface area (TPSA) is 89.8 Å². The van der Waals surface area contributed by atoms with Gasteiger partial charge in [0.2, 0.25) is 5.91 Å². The van der Waals surface area contributed by atoms with Crippen LogP contribution in [0.1, 0.15) is 29.0 Å². The Morgan fingerprint density at radius 3 is 2.69 bits per heavy atom. The van der Waals surface area contributed by atoms with E-state index in [0.717, 1.165) is 19.4 Å². The van der Waals surface area contributed by atoms with Crippen LogP contribution in [0.25, 0.3) is 0 Å². The van der Waals surface area contributed by atoms with Crippen LogP contribution in [-0.4, -0.2) is 37.7 Å². The summed E-state index contributed by atoms with van der Waals surface area (Å²) in [7, 11) is 0. The van der Waals surface area contributed by atoms with Gasteiger partial charge in [0.25, 0.3) is 5.91 Å². The average Bonchev–Trinajstić information content (AvgIpc) is 3.37. The van der Waals surface area contributed by atoms with Crippen molar-refractivity contribution in [1.82, 2.24) is 10.6 Å². The molecule has 1 aliphatic rings. The summed E-state index contributed by atoms with van der Waals surface area (Å²) in [6, 6.07) is 10.3. The van der Waals surface area contributed by atoms with E-state index in [-0.39, 0.29) is 24.5 Å². The van der Waals surface area contributed by atoms with Crippen molar-refractivity contribution in [1.29, 1.82) is 0 Å². The Morgan fingerprint density at radius 1 is 1.15 bits per heavy atom. The summed E-state index contributed by atoms with van der Waals surface area (Å²) < 4.78 is 16.3. The zero-order chi connectivity index (χ0) is 18.2. The Labute approximate surface area is 151 Å². The zero-order valence-electron chi connectivity index (χ0n) is 14.4. The molecule has 26 heavy (non-hydrogen) atoms. The average molecular weight is 358 g/mol. The van der Waals surface area contributed by atoms with Gasteiger partial charge in [-0.3, -0.25) is 9.59 Å². The number of rotatable bonds is 8. The number of benzene rings is 1. The first-order valence-electron chi connectivity index (χ1n) is 8.62. The quantitative estimate of drug-likeness (QED) is 0.752. The monoisotopic (exact) mass is 358 g/mol. The van der Waals surface area contributed by atoms with Crippen molar-refractivity contribution in [2.75, 3.05) is 19.8 Å². The third-order valence-corrected chi connectivity index (χ3v) is 4.03. The first-order valence-corrected chi connectivity index (χ1v) is 8.62. The summed E-state index contributed by atoms with van der Waals surface area (Å²) >= 11 is 0. The summed E-state index contributed by atoms with van der Waals surface area (Å²) in [4.78, 5) is 23.8. The number of carbonyl (C=O) groups excluding carboxylic acids is 2. The normalized spacial score (nSPS) is 16.2. The molecule has 1 unspecified atom stereocenters. The standard InChI is InChI=1S/C19H22N2O5/c22-18(20-11-16-3-1-9-24-16)12-21-19(23)14-5-7-15(8-6-14)26-13-17-4-2-10-25-17/h1,3,5-9,17H,2,4,10-13H2,(H,20,22)(H,21,23). The maximum atomic E-state index is 12.1. The number of hydrogen-bond acceptors (Lipinski definition) is 5. The van der Waals surface area contributed by atoms with Crippen LogP contribution in [0.2, 0.25) is 0 Å². The smallest absolute Gasteiger partial charge is 0.251 e. The number of furan rings is 1. The summed E-state index contributed by atoms with van der Waals surface area (Å²) in [5.74, 6) is 0.742. The van der Waals surface area contributed by atoms with E-state index >= 15 is 0 Å². The third kappa shape index (κ3) is 5.35. The van der Waals surface area contributed by atoms with Crippen LogP contribution in [0, 0.1) is 0 Å². The van der Waals surface area contributed by atoms with E-state index in [1.165, 1.54) is 6.26 Å². The lowest BCUT2D eigenvalue weighted by molar-refractivity contribution is -0.120. The molecule has 0 radical (unpaired) electrons. The molecule has 0 spiro atoms. The van der Waals surface area contributed by atoms with E-state index in [1.54, 1.807) is 36.4 Å². The fraction of sp³-hybridized carbons (Fsp3) is 0.368. The molecule has 1 aliphatic heterocycles. The molecule has 1 atom stereocenters. The van der Waals surface area contributed by atoms with E-state index < -0.39 is 0 Å². The molecule has 7 heteroatoms. The van der Waals surface area contributed by atoms with Gasteiger partial charge in [-0.05, 0) is 49.2 Å². The van der Waals surface area contributed by atoms with E-state index in [9.17, 15) is 9.59 Å². The molecule has 1 fully saturated rings. The highest BCUT2D eigenvalue weighted by molar-refractivity contribution is 5.96. The number of amides is 2. The van der Waals surface area contributed by atoms with Crippen molar-refractivity contribution in [3.63, 3.8) is 0 Å². The van der Waals surface area contributed by atoms with Crippen molar-refractivity contribution in [3.05, 3.63) is 54.0 Å². The molecule has 2 heterocycles. The summed E-state index contributed by atoms with van der Waals surface area (Å²) in [5.41, 5.74) is 0.466. The van der Waals surface area contributed by atoms with Crippen LogP contribution < -0.4 is 15.4 Å². The minimum atomic E-state index is -0.316. The molecule has 2 amide bonds. The molecule has 0 aliphatic carbocycles. The van der Waals surface area contributed by atoms with E-state index in [4.69, 9.17) is 13.9 Å². The molecule has 2 aromatic rings. The predicted molar refractivity (Wildman–Crippen MR) is 93.8 cm³/mol. The Kier molecular flexibility index (Phi) is 6.27. The Balaban J connectivity index is 1.38. The lowest BCUT2D eigenvalue weighted by atomic mass is 10.2. The maximum absolute atomic E-state index is 12.1. The molecular weight excluding hydrogens is 336 g/mol. The number of hydrogen-bond donors (Lipinski definition) is 2. The molecule has 1 aromatic heterocycles. The predicted octanol–water partition coefficient (Wildman–Crippen LogP) is 1.88. The van der Waals surface area contributed by atoms with Crippen LogP contribution in [0.3, 0.4) is 0 Å². The van der Waals surface area contributed by atoms with Gasteiger partial charge in [-0.1, -0.05) is 0 Å². The highest BCUT2D eigenvalue weighted by Crippen LogP contribution is 2.16. The fourth-order valence-corrected chi connectivity index (χ4v) is 2.59. The summed E-state index contributed by atoms with van der Waals surface area (Å²) in [5, 5.41) is 5.25.